The van der Waals surface area contributed by atoms with Crippen LogP contribution in [0.1, 0.15) is 18.9 Å². The summed E-state index contributed by atoms with van der Waals surface area (Å²) in [5.74, 6) is 0.564. The van der Waals surface area contributed by atoms with Crippen molar-refractivity contribution in [3.63, 3.8) is 0 Å². The number of nitrogens with two attached hydrogens (primary N) is 1. The van der Waals surface area contributed by atoms with Crippen molar-refractivity contribution in [2.45, 2.75) is 20.3 Å². The van der Waals surface area contributed by atoms with Crippen LogP contribution in [0.15, 0.2) is 22.7 Å². The summed E-state index contributed by atoms with van der Waals surface area (Å²) in [4.78, 5) is 0. The Morgan fingerprint density at radius 3 is 2.73 bits per heavy atom. The van der Waals surface area contributed by atoms with Crippen molar-refractivity contribution in [2.24, 2.45) is 11.7 Å². The van der Waals surface area contributed by atoms with Gasteiger partial charge < -0.3 is 11.1 Å². The van der Waals surface area contributed by atoms with Gasteiger partial charge in [0.15, 0.2) is 0 Å². The molecule has 1 rings (SSSR count). The van der Waals surface area contributed by atoms with E-state index in [9.17, 15) is 0 Å². The first-order chi connectivity index (χ1) is 7.17. The zero-order valence-electron chi connectivity index (χ0n) is 9.39. The van der Waals surface area contributed by atoms with E-state index in [0.29, 0.717) is 5.92 Å². The predicted octanol–water partition coefficient (Wildman–Crippen LogP) is 3.15. The number of anilines is 1. The molecule has 0 heterocycles. The second kappa shape index (κ2) is 6.13. The first kappa shape index (κ1) is 12.5. The van der Waals surface area contributed by atoms with Crippen LogP contribution in [-0.2, 0) is 0 Å². The maximum absolute atomic E-state index is 5.65. The van der Waals surface area contributed by atoms with Crippen LogP contribution in [0.5, 0.6) is 0 Å². The number of nitrogens with one attached hydrogen (secondary N) is 1. The Bertz CT molecular complexity index is 308. The molecule has 3 N–H and O–H groups in total. The molecule has 0 spiro atoms. The first-order valence-corrected chi connectivity index (χ1v) is 6.16. The molecule has 0 saturated carbocycles. The second-order valence-corrected chi connectivity index (χ2v) is 4.71. The van der Waals surface area contributed by atoms with Crippen LogP contribution in [0.25, 0.3) is 0 Å². The fourth-order valence-electron chi connectivity index (χ4n) is 1.41. The van der Waals surface area contributed by atoms with Crippen molar-refractivity contribution in [3.8, 4) is 0 Å². The number of benzene rings is 1. The third kappa shape index (κ3) is 3.84. The minimum absolute atomic E-state index is 0.564. The zero-order chi connectivity index (χ0) is 11.3. The average molecular weight is 271 g/mol. The molecular weight excluding hydrogens is 252 g/mol. The maximum Gasteiger partial charge on any atom is 0.0343 e. The van der Waals surface area contributed by atoms with Crippen molar-refractivity contribution >= 4 is 21.6 Å². The zero-order valence-corrected chi connectivity index (χ0v) is 11.0. The van der Waals surface area contributed by atoms with Gasteiger partial charge in [0.2, 0.25) is 0 Å². The van der Waals surface area contributed by atoms with Crippen molar-refractivity contribution < 1.29 is 0 Å². The molecular formula is C12H19BrN2. The summed E-state index contributed by atoms with van der Waals surface area (Å²) < 4.78 is 1.15. The van der Waals surface area contributed by atoms with Gasteiger partial charge in [0.05, 0.1) is 0 Å². The first-order valence-electron chi connectivity index (χ1n) is 5.37. The van der Waals surface area contributed by atoms with E-state index in [0.717, 1.165) is 24.0 Å². The Balaban J connectivity index is 2.54. The van der Waals surface area contributed by atoms with E-state index in [1.165, 1.54) is 11.3 Å². The van der Waals surface area contributed by atoms with Gasteiger partial charge in [-0.25, -0.2) is 0 Å². The minimum atomic E-state index is 0.564. The fourth-order valence-corrected chi connectivity index (χ4v) is 1.66. The van der Waals surface area contributed by atoms with Gasteiger partial charge in [0.1, 0.15) is 0 Å². The smallest absolute Gasteiger partial charge is 0.0343 e. The summed E-state index contributed by atoms with van der Waals surface area (Å²) in [6.07, 6.45) is 1.12. The van der Waals surface area contributed by atoms with E-state index in [2.05, 4.69) is 53.3 Å². The molecule has 2 nitrogen and oxygen atoms in total. The van der Waals surface area contributed by atoms with E-state index < -0.39 is 0 Å². The highest BCUT2D eigenvalue weighted by Gasteiger charge is 2.03. The van der Waals surface area contributed by atoms with E-state index >= 15 is 0 Å². The van der Waals surface area contributed by atoms with Gasteiger partial charge in [0.25, 0.3) is 0 Å². The summed E-state index contributed by atoms with van der Waals surface area (Å²) >= 11 is 3.49. The highest BCUT2D eigenvalue weighted by atomic mass is 79.9. The molecule has 3 heteroatoms. The van der Waals surface area contributed by atoms with Gasteiger partial charge in [-0.05, 0) is 43.1 Å². The van der Waals surface area contributed by atoms with Crippen LogP contribution in [-0.4, -0.2) is 13.1 Å². The Morgan fingerprint density at radius 1 is 1.47 bits per heavy atom. The predicted molar refractivity (Wildman–Crippen MR) is 70.2 cm³/mol. The van der Waals surface area contributed by atoms with Gasteiger partial charge in [-0.1, -0.05) is 29.3 Å². The molecule has 0 saturated heterocycles. The van der Waals surface area contributed by atoms with Gasteiger partial charge in [-0.3, -0.25) is 0 Å². The second-order valence-electron chi connectivity index (χ2n) is 3.85. The Labute approximate surface area is 100 Å². The summed E-state index contributed by atoms with van der Waals surface area (Å²) in [7, 11) is 0. The van der Waals surface area contributed by atoms with E-state index in [-0.39, 0.29) is 0 Å². The molecule has 0 amide bonds. The molecule has 84 valence electrons. The largest absolute Gasteiger partial charge is 0.385 e. The molecule has 1 aromatic carbocycles. The fraction of sp³-hybridized carbons (Fsp3) is 0.500. The van der Waals surface area contributed by atoms with Crippen molar-refractivity contribution in [2.75, 3.05) is 18.4 Å². The van der Waals surface area contributed by atoms with Crippen LogP contribution in [0.3, 0.4) is 0 Å². The summed E-state index contributed by atoms with van der Waals surface area (Å²) in [5, 5.41) is 3.41. The van der Waals surface area contributed by atoms with Crippen LogP contribution in [0, 0.1) is 12.8 Å². The summed E-state index contributed by atoms with van der Waals surface area (Å²) in [6, 6.07) is 6.30. The lowest BCUT2D eigenvalue weighted by Crippen LogP contribution is -2.22. The molecule has 0 aliphatic heterocycles. The van der Waals surface area contributed by atoms with E-state index in [1.807, 2.05) is 0 Å². The topological polar surface area (TPSA) is 38.0 Å². The van der Waals surface area contributed by atoms with Gasteiger partial charge in [-0.15, -0.1) is 0 Å². The third-order valence-electron chi connectivity index (χ3n) is 2.66. The van der Waals surface area contributed by atoms with E-state index in [4.69, 9.17) is 5.73 Å². The van der Waals surface area contributed by atoms with Crippen molar-refractivity contribution in [1.29, 1.82) is 0 Å². The third-order valence-corrected chi connectivity index (χ3v) is 3.55. The van der Waals surface area contributed by atoms with Gasteiger partial charge in [-0.2, -0.15) is 0 Å². The maximum atomic E-state index is 5.65. The van der Waals surface area contributed by atoms with Crippen molar-refractivity contribution in [3.05, 3.63) is 28.2 Å². The van der Waals surface area contributed by atoms with E-state index in [1.54, 1.807) is 0 Å². The lowest BCUT2D eigenvalue weighted by molar-refractivity contribution is 0.548. The Kier molecular flexibility index (Phi) is 5.12. The van der Waals surface area contributed by atoms with Gasteiger partial charge in [0, 0.05) is 16.7 Å². The number of hydrogen-bond donors (Lipinski definition) is 2. The summed E-state index contributed by atoms with van der Waals surface area (Å²) in [6.45, 7) is 5.97. The molecule has 0 bridgehead atoms. The normalized spacial score (nSPS) is 12.5. The average Bonchev–Trinajstić information content (AvgIpc) is 2.24. The monoisotopic (exact) mass is 270 g/mol. The standard InChI is InChI=1S/C12H19BrN2/c1-3-10(7-14)8-15-11-4-5-12(13)9(2)6-11/h4-6,10,15H,3,7-8,14H2,1-2H3. The molecule has 0 fully saturated rings. The number of rotatable bonds is 5. The quantitative estimate of drug-likeness (QED) is 0.863. The van der Waals surface area contributed by atoms with Crippen LogP contribution in [0.4, 0.5) is 5.69 Å². The Hall–Kier alpha value is -0.540. The minimum Gasteiger partial charge on any atom is -0.385 e. The summed E-state index contributed by atoms with van der Waals surface area (Å²) in [5.41, 5.74) is 8.07. The Morgan fingerprint density at radius 2 is 2.20 bits per heavy atom. The number of hydrogen-bond acceptors (Lipinski definition) is 2. The molecule has 1 aromatic rings. The molecule has 0 aromatic heterocycles. The van der Waals surface area contributed by atoms with Crippen LogP contribution < -0.4 is 11.1 Å². The molecule has 0 aliphatic carbocycles. The lowest BCUT2D eigenvalue weighted by Gasteiger charge is -2.14. The molecule has 1 atom stereocenters. The molecule has 1 unspecified atom stereocenters. The highest BCUT2D eigenvalue weighted by molar-refractivity contribution is 9.10. The lowest BCUT2D eigenvalue weighted by atomic mass is 10.1. The van der Waals surface area contributed by atoms with Crippen LogP contribution in [0.2, 0.25) is 0 Å². The molecule has 15 heavy (non-hydrogen) atoms. The van der Waals surface area contributed by atoms with Crippen molar-refractivity contribution in [1.82, 2.24) is 0 Å². The highest BCUT2D eigenvalue weighted by Crippen LogP contribution is 2.20. The molecule has 0 aliphatic rings. The molecule has 0 radical (unpaired) electrons. The van der Waals surface area contributed by atoms with Gasteiger partial charge >= 0.3 is 0 Å². The van der Waals surface area contributed by atoms with Crippen LogP contribution >= 0.6 is 15.9 Å². The number of halogens is 1. The number of aryl methyl sites for hydroxylation is 1. The SMILES string of the molecule is CCC(CN)CNc1ccc(Br)c(C)c1.